The minimum atomic E-state index is -0.859. The van der Waals surface area contributed by atoms with E-state index in [0.717, 1.165) is 78.1 Å². The van der Waals surface area contributed by atoms with E-state index >= 15 is 0 Å². The lowest BCUT2D eigenvalue weighted by Gasteiger charge is -2.14. The lowest BCUT2D eigenvalue weighted by molar-refractivity contribution is -0.138. The normalized spacial score (nSPS) is 18.8. The van der Waals surface area contributed by atoms with Gasteiger partial charge in [-0.05, 0) is 97.7 Å². The van der Waals surface area contributed by atoms with Gasteiger partial charge in [0, 0.05) is 64.0 Å². The van der Waals surface area contributed by atoms with Crippen molar-refractivity contribution in [2.45, 2.75) is 65.8 Å². The van der Waals surface area contributed by atoms with Crippen LogP contribution in [0.4, 0.5) is 0 Å². The molecule has 8 heteroatoms. The number of allylic oxidation sites excluding steroid dienone is 1. The third kappa shape index (κ3) is 5.20. The molecular weight excluding hydrogens is 528 g/mol. The van der Waals surface area contributed by atoms with E-state index in [1.807, 2.05) is 38.2 Å². The number of rotatable bonds is 8. The standard InChI is InChI=1S/C34H38N4O4/c1-7-21-17(3)25-13-26-19(5)23(9-11-33(39)40)31(37-26)16-32-24(10-12-34(41)42)20(6)28(38-32)15-30-22(8-2)18(4)27(36-30)14-29(21)35-25/h7-8,14-16,25,35-38H,1-2,9-13H2,3-6H3,(H,39,40)(H,41,42)/b28-15-,29-14-,32-16-/t25-/m0/s1. The highest BCUT2D eigenvalue weighted by atomic mass is 16.4. The highest BCUT2D eigenvalue weighted by Gasteiger charge is 2.27. The smallest absolute Gasteiger partial charge is 0.303 e. The van der Waals surface area contributed by atoms with Gasteiger partial charge >= 0.3 is 11.9 Å². The molecular formula is C34H38N4O4. The summed E-state index contributed by atoms with van der Waals surface area (Å²) < 4.78 is 0. The molecule has 1 atom stereocenters. The Morgan fingerprint density at radius 3 is 2.12 bits per heavy atom. The molecule has 0 radical (unpaired) electrons. The third-order valence-electron chi connectivity index (χ3n) is 8.76. The fourth-order valence-electron chi connectivity index (χ4n) is 6.28. The first-order valence-electron chi connectivity index (χ1n) is 14.2. The van der Waals surface area contributed by atoms with Gasteiger partial charge in [0.15, 0.2) is 0 Å². The molecule has 0 saturated heterocycles. The SMILES string of the molecule is C=CC1=C(C)[C@@H]2Cc3[nH]c(c(CCC(=O)O)c3C)/C=c3\[nH]/c(c(C)c3CCC(=O)O)=C\c3[nH]c(c(C)c3C=C)/C=C/1N2. The maximum atomic E-state index is 11.5. The number of H-pyrrole nitrogens is 3. The Hall–Kier alpha value is -4.72. The summed E-state index contributed by atoms with van der Waals surface area (Å²) in [7, 11) is 0. The van der Waals surface area contributed by atoms with Crippen LogP contribution in [0.5, 0.6) is 0 Å². The van der Waals surface area contributed by atoms with E-state index in [2.05, 4.69) is 53.4 Å². The second-order valence-corrected chi connectivity index (χ2v) is 11.2. The van der Waals surface area contributed by atoms with E-state index in [4.69, 9.17) is 0 Å². The second-order valence-electron chi connectivity index (χ2n) is 11.2. The van der Waals surface area contributed by atoms with Crippen LogP contribution in [0.25, 0.3) is 24.3 Å². The van der Waals surface area contributed by atoms with Crippen LogP contribution < -0.4 is 16.0 Å². The van der Waals surface area contributed by atoms with Gasteiger partial charge in [0.05, 0.1) is 6.04 Å². The molecule has 0 aromatic carbocycles. The number of hydrogen-bond donors (Lipinski definition) is 6. The van der Waals surface area contributed by atoms with Crippen molar-refractivity contribution in [1.82, 2.24) is 20.3 Å². The van der Waals surface area contributed by atoms with Crippen molar-refractivity contribution < 1.29 is 19.8 Å². The first-order valence-corrected chi connectivity index (χ1v) is 14.2. The van der Waals surface area contributed by atoms with Gasteiger partial charge < -0.3 is 30.5 Å². The summed E-state index contributed by atoms with van der Waals surface area (Å²) in [6.07, 6.45) is 11.4. The number of carbonyl (C=O) groups is 2. The fourth-order valence-corrected chi connectivity index (χ4v) is 6.28. The van der Waals surface area contributed by atoms with Gasteiger partial charge in [-0.25, -0.2) is 0 Å². The van der Waals surface area contributed by atoms with Crippen molar-refractivity contribution >= 4 is 36.2 Å². The van der Waals surface area contributed by atoms with Crippen molar-refractivity contribution in [2.24, 2.45) is 0 Å². The molecule has 6 N–H and O–H groups in total. The van der Waals surface area contributed by atoms with Gasteiger partial charge in [-0.1, -0.05) is 25.3 Å². The van der Waals surface area contributed by atoms with E-state index in [1.54, 1.807) is 0 Å². The zero-order valence-corrected chi connectivity index (χ0v) is 24.6. The van der Waals surface area contributed by atoms with Crippen molar-refractivity contribution in [3.05, 3.63) is 103 Å². The number of hydrogen-bond acceptors (Lipinski definition) is 3. The number of nitrogens with one attached hydrogen (secondary N) is 4. The molecule has 0 fully saturated rings. The van der Waals surface area contributed by atoms with Crippen LogP contribution in [0.15, 0.2) is 36.1 Å². The van der Waals surface area contributed by atoms with Crippen molar-refractivity contribution in [1.29, 1.82) is 0 Å². The summed E-state index contributed by atoms with van der Waals surface area (Å²) >= 11 is 0. The van der Waals surface area contributed by atoms with Crippen molar-refractivity contribution in [3.8, 4) is 0 Å². The Morgan fingerprint density at radius 1 is 0.810 bits per heavy atom. The maximum absolute atomic E-state index is 11.5. The van der Waals surface area contributed by atoms with E-state index in [0.29, 0.717) is 19.3 Å². The number of aliphatic carboxylic acids is 2. The predicted molar refractivity (Wildman–Crippen MR) is 166 cm³/mol. The van der Waals surface area contributed by atoms with Gasteiger partial charge in [0.25, 0.3) is 0 Å². The molecule has 218 valence electrons. The van der Waals surface area contributed by atoms with E-state index in [-0.39, 0.29) is 18.9 Å². The highest BCUT2D eigenvalue weighted by Crippen LogP contribution is 2.32. The van der Waals surface area contributed by atoms with Crippen LogP contribution in [0.3, 0.4) is 0 Å². The van der Waals surface area contributed by atoms with E-state index in [9.17, 15) is 19.8 Å². The zero-order chi connectivity index (χ0) is 30.3. The van der Waals surface area contributed by atoms with Crippen LogP contribution in [0, 0.1) is 20.8 Å². The Kier molecular flexibility index (Phi) is 7.73. The molecule has 0 unspecified atom stereocenters. The number of aromatic nitrogens is 3. The molecule has 0 amide bonds. The third-order valence-corrected chi connectivity index (χ3v) is 8.76. The first-order chi connectivity index (χ1) is 20.0. The molecule has 0 spiro atoms. The van der Waals surface area contributed by atoms with Crippen LogP contribution in [-0.2, 0) is 28.9 Å². The van der Waals surface area contributed by atoms with Crippen LogP contribution in [-0.4, -0.2) is 43.1 Å². The number of aromatic amines is 3. The summed E-state index contributed by atoms with van der Waals surface area (Å²) in [5.74, 6) is -1.71. The second kappa shape index (κ2) is 11.3. The summed E-state index contributed by atoms with van der Waals surface area (Å²) in [4.78, 5) is 33.8. The zero-order valence-electron chi connectivity index (χ0n) is 24.6. The molecule has 2 aliphatic heterocycles. The Bertz CT molecular complexity index is 1820. The average Bonchev–Trinajstić information content (AvgIpc) is 3.59. The quantitative estimate of drug-likeness (QED) is 0.242. The molecule has 3 aromatic rings. The van der Waals surface area contributed by atoms with Gasteiger partial charge in [-0.15, -0.1) is 0 Å². The minimum absolute atomic E-state index is 0.00167. The molecule has 5 heterocycles. The largest absolute Gasteiger partial charge is 0.481 e. The van der Waals surface area contributed by atoms with Gasteiger partial charge in [0.2, 0.25) is 0 Å². The molecule has 0 aliphatic carbocycles. The number of fused-ring (bicyclic) bond motifs is 8. The maximum Gasteiger partial charge on any atom is 0.303 e. The summed E-state index contributed by atoms with van der Waals surface area (Å²) in [5, 5.41) is 24.3. The summed E-state index contributed by atoms with van der Waals surface area (Å²) in [6, 6.07) is 0.0281. The van der Waals surface area contributed by atoms with E-state index < -0.39 is 11.9 Å². The fraction of sp³-hybridized carbons (Fsp3) is 0.294. The Morgan fingerprint density at radius 2 is 1.48 bits per heavy atom. The molecule has 8 nitrogen and oxygen atoms in total. The van der Waals surface area contributed by atoms with Gasteiger partial charge in [-0.3, -0.25) is 9.59 Å². The molecule has 8 bridgehead atoms. The summed E-state index contributed by atoms with van der Waals surface area (Å²) in [6.45, 7) is 16.4. The lowest BCUT2D eigenvalue weighted by Crippen LogP contribution is -2.26. The first kappa shape index (κ1) is 28.8. The molecule has 2 aliphatic rings. The van der Waals surface area contributed by atoms with Crippen LogP contribution in [0.2, 0.25) is 0 Å². The molecule has 42 heavy (non-hydrogen) atoms. The minimum Gasteiger partial charge on any atom is -0.481 e. The Balaban J connectivity index is 1.83. The van der Waals surface area contributed by atoms with Gasteiger partial charge in [0.1, 0.15) is 0 Å². The van der Waals surface area contributed by atoms with E-state index in [1.165, 1.54) is 5.57 Å². The van der Waals surface area contributed by atoms with Crippen molar-refractivity contribution in [3.63, 3.8) is 0 Å². The monoisotopic (exact) mass is 566 g/mol. The molecule has 3 aromatic heterocycles. The van der Waals surface area contributed by atoms with Crippen LogP contribution >= 0.6 is 0 Å². The Labute approximate surface area is 245 Å². The topological polar surface area (TPSA) is 134 Å². The number of carboxylic acid groups (broad SMARTS) is 2. The van der Waals surface area contributed by atoms with Crippen molar-refractivity contribution in [2.75, 3.05) is 0 Å². The van der Waals surface area contributed by atoms with Crippen LogP contribution in [0.1, 0.15) is 75.9 Å². The molecule has 5 rings (SSSR count). The van der Waals surface area contributed by atoms with Gasteiger partial charge in [-0.2, -0.15) is 0 Å². The lowest BCUT2D eigenvalue weighted by atomic mass is 9.98. The summed E-state index contributed by atoms with van der Waals surface area (Å²) in [5.41, 5.74) is 12.9. The highest BCUT2D eigenvalue weighted by molar-refractivity contribution is 5.74. The number of carboxylic acids is 2. The molecule has 0 saturated carbocycles. The predicted octanol–water partition coefficient (Wildman–Crippen LogP) is 4.30. The average molecular weight is 567 g/mol.